The third-order valence-electron chi connectivity index (χ3n) is 12.7. The van der Waals surface area contributed by atoms with Crippen molar-refractivity contribution in [1.82, 2.24) is 0 Å². The van der Waals surface area contributed by atoms with Crippen molar-refractivity contribution >= 4 is 90.7 Å². The van der Waals surface area contributed by atoms with E-state index in [9.17, 15) is 29.4 Å². The van der Waals surface area contributed by atoms with Gasteiger partial charge in [0.2, 0.25) is 0 Å². The molecule has 0 aliphatic heterocycles. The molecule has 0 spiro atoms. The fraction of sp³-hybridized carbons (Fsp3) is 0.129. The second-order valence-corrected chi connectivity index (χ2v) is 17.7. The van der Waals surface area contributed by atoms with E-state index in [0.717, 1.165) is 0 Å². The van der Waals surface area contributed by atoms with E-state index in [1.54, 1.807) is 127 Å². The van der Waals surface area contributed by atoms with E-state index in [1.807, 2.05) is 64.1 Å². The van der Waals surface area contributed by atoms with Gasteiger partial charge < -0.3 is 41.0 Å². The third-order valence-corrected chi connectivity index (χ3v) is 12.7. The van der Waals surface area contributed by atoms with Crippen LogP contribution in [0.1, 0.15) is 80.3 Å². The van der Waals surface area contributed by atoms with Gasteiger partial charge in [0.25, 0.3) is 23.6 Å². The van der Waals surface area contributed by atoms with Crippen molar-refractivity contribution in [2.75, 3.05) is 34.5 Å². The van der Waals surface area contributed by atoms with Gasteiger partial charge in [0, 0.05) is 44.6 Å². The van der Waals surface area contributed by atoms with Crippen molar-refractivity contribution in [3.63, 3.8) is 0 Å². The van der Waals surface area contributed by atoms with E-state index in [-0.39, 0.29) is 45.7 Å². The molecular weight excluding hydrogens is 985 g/mol. The Kier molecular flexibility index (Phi) is 16.2. The molecule has 0 radical (unpaired) electrons. The van der Waals surface area contributed by atoms with Crippen LogP contribution >= 0.6 is 0 Å². The molecule has 4 amide bonds. The molecule has 0 saturated heterocycles. The normalized spacial score (nSPS) is 11.2. The van der Waals surface area contributed by atoms with Gasteiger partial charge in [0.05, 0.1) is 24.3 Å². The highest BCUT2D eigenvalue weighted by molar-refractivity contribution is 6.14. The summed E-state index contributed by atoms with van der Waals surface area (Å²) < 4.78 is 11.7. The number of anilines is 4. The van der Waals surface area contributed by atoms with Gasteiger partial charge in [-0.15, -0.1) is 20.5 Å². The Morgan fingerprint density at radius 1 is 0.423 bits per heavy atom. The lowest BCUT2D eigenvalue weighted by atomic mass is 9.99. The number of aromatic hydroxyl groups is 2. The maximum Gasteiger partial charge on any atom is 0.259 e. The zero-order valence-electron chi connectivity index (χ0n) is 43.1. The first-order chi connectivity index (χ1) is 38.0. The molecule has 0 heterocycles. The van der Waals surface area contributed by atoms with Crippen molar-refractivity contribution in [2.45, 2.75) is 40.5 Å². The average molecular weight is 1040 g/mol. The number of phenolic OH excluding ortho intramolecular Hbond substituents is 2. The summed E-state index contributed by atoms with van der Waals surface area (Å²) in [6.45, 7) is 8.08. The van der Waals surface area contributed by atoms with Crippen molar-refractivity contribution in [2.24, 2.45) is 20.5 Å². The molecule has 0 atom stereocenters. The first-order valence-electron chi connectivity index (χ1n) is 25.3. The molecule has 0 unspecified atom stereocenters. The zero-order valence-corrected chi connectivity index (χ0v) is 43.1. The van der Waals surface area contributed by atoms with Gasteiger partial charge in [-0.05, 0) is 134 Å². The van der Waals surface area contributed by atoms with Crippen LogP contribution in [0.2, 0.25) is 0 Å². The molecule has 9 aromatic rings. The monoisotopic (exact) mass is 1040 g/mol. The summed E-state index contributed by atoms with van der Waals surface area (Å²) in [6, 6.07) is 48.5. The molecule has 0 aliphatic rings. The smallest absolute Gasteiger partial charge is 0.259 e. The number of nitrogens with one attached hydrogen (secondary N) is 4. The van der Waals surface area contributed by atoms with Gasteiger partial charge in [-0.2, -0.15) is 0 Å². The van der Waals surface area contributed by atoms with Gasteiger partial charge in [0.1, 0.15) is 34.2 Å². The molecule has 0 fully saturated rings. The number of rotatable bonds is 18. The Balaban J connectivity index is 0.992. The van der Waals surface area contributed by atoms with E-state index in [1.165, 1.54) is 6.07 Å². The van der Waals surface area contributed by atoms with Crippen LogP contribution in [-0.4, -0.2) is 47.1 Å². The fourth-order valence-corrected chi connectivity index (χ4v) is 8.81. The number of fused-ring (bicyclic) bond motifs is 2. The van der Waals surface area contributed by atoms with Crippen LogP contribution in [0, 0.1) is 0 Å². The van der Waals surface area contributed by atoms with Crippen molar-refractivity contribution < 1.29 is 38.9 Å². The number of benzene rings is 9. The number of carbonyl (C=O) groups is 4. The van der Waals surface area contributed by atoms with Crippen LogP contribution in [0.25, 0.3) is 21.5 Å². The van der Waals surface area contributed by atoms with Gasteiger partial charge in [-0.3, -0.25) is 19.2 Å². The summed E-state index contributed by atoms with van der Waals surface area (Å²) in [5.41, 5.74) is 4.44. The lowest BCUT2D eigenvalue weighted by Crippen LogP contribution is -2.17. The molecule has 16 nitrogen and oxygen atoms in total. The van der Waals surface area contributed by atoms with Gasteiger partial charge >= 0.3 is 0 Å². The molecule has 78 heavy (non-hydrogen) atoms. The Morgan fingerprint density at radius 3 is 1.24 bits per heavy atom. The number of hydrogen-bond donors (Lipinski definition) is 6. The lowest BCUT2D eigenvalue weighted by Gasteiger charge is -2.18. The Labute approximate surface area is 449 Å². The van der Waals surface area contributed by atoms with Crippen LogP contribution < -0.4 is 30.7 Å². The Hall–Kier alpha value is -10.2. The number of carbonyl (C=O) groups excluding carboxylic acids is 4. The van der Waals surface area contributed by atoms with Crippen LogP contribution in [0.5, 0.6) is 23.0 Å². The molecule has 16 heteroatoms. The van der Waals surface area contributed by atoms with E-state index < -0.39 is 23.3 Å². The zero-order chi connectivity index (χ0) is 54.7. The van der Waals surface area contributed by atoms with Crippen LogP contribution in [0.15, 0.2) is 190 Å². The quantitative estimate of drug-likeness (QED) is 0.0452. The van der Waals surface area contributed by atoms with Gasteiger partial charge in [-0.25, -0.2) is 0 Å². The largest absolute Gasteiger partial charge is 0.505 e. The SMILES string of the molecule is CCOc1ccc(C(=O)Nc2ccccc2)cc1N=Nc1c(O)c(C(=O)Nc2cc(CC)c(NC(=O)c3cc4ccccc4c(N=Nc4cc(C(=O)Nc5ccccc5)ccc4OCC)c3O)c(CC)c2)cc2ccccc12. The first-order valence-corrected chi connectivity index (χ1v) is 25.3. The molecule has 6 N–H and O–H groups in total. The molecule has 0 saturated carbocycles. The number of phenols is 2. The number of aryl methyl sites for hydroxylation is 2. The van der Waals surface area contributed by atoms with Crippen LogP contribution in [-0.2, 0) is 12.8 Å². The summed E-state index contributed by atoms with van der Waals surface area (Å²) in [5.74, 6) is -2.13. The Morgan fingerprint density at radius 2 is 0.821 bits per heavy atom. The minimum absolute atomic E-state index is 0.0241. The highest BCUT2D eigenvalue weighted by Crippen LogP contribution is 2.43. The van der Waals surface area contributed by atoms with Crippen LogP contribution in [0.4, 0.5) is 45.5 Å². The van der Waals surface area contributed by atoms with E-state index in [0.29, 0.717) is 104 Å². The molecule has 0 aliphatic carbocycles. The topological polar surface area (TPSA) is 225 Å². The minimum Gasteiger partial charge on any atom is -0.505 e. The maximum atomic E-state index is 14.4. The summed E-state index contributed by atoms with van der Waals surface area (Å²) in [5, 5.41) is 55.6. The molecule has 0 bridgehead atoms. The lowest BCUT2D eigenvalue weighted by molar-refractivity contribution is 0.101. The predicted molar refractivity (Wildman–Crippen MR) is 305 cm³/mol. The van der Waals surface area contributed by atoms with Crippen molar-refractivity contribution in [3.8, 4) is 23.0 Å². The molecular formula is C62H54N8O8. The van der Waals surface area contributed by atoms with E-state index in [2.05, 4.69) is 41.7 Å². The Bertz CT molecular complexity index is 3780. The maximum absolute atomic E-state index is 14.4. The van der Waals surface area contributed by atoms with Crippen molar-refractivity contribution in [3.05, 3.63) is 203 Å². The first kappa shape index (κ1) is 52.6. The number of amides is 4. The minimum atomic E-state index is -0.636. The number of hydrogen-bond acceptors (Lipinski definition) is 12. The molecule has 9 rings (SSSR count). The highest BCUT2D eigenvalue weighted by Gasteiger charge is 2.24. The highest BCUT2D eigenvalue weighted by atomic mass is 16.5. The number of azo groups is 2. The second kappa shape index (κ2) is 24.0. The number of ether oxygens (including phenoxy) is 2. The van der Waals surface area contributed by atoms with E-state index in [4.69, 9.17) is 9.47 Å². The summed E-state index contributed by atoms with van der Waals surface area (Å²) in [7, 11) is 0. The van der Waals surface area contributed by atoms with Crippen molar-refractivity contribution in [1.29, 1.82) is 0 Å². The summed E-state index contributed by atoms with van der Waals surface area (Å²) >= 11 is 0. The average Bonchev–Trinajstić information content (AvgIpc) is 3.60. The number of para-hydroxylation sites is 2. The number of nitrogens with zero attached hydrogens (tertiary/aromatic N) is 4. The molecule has 0 aromatic heterocycles. The van der Waals surface area contributed by atoms with Crippen LogP contribution in [0.3, 0.4) is 0 Å². The van der Waals surface area contributed by atoms with Gasteiger partial charge in [-0.1, -0.05) is 98.8 Å². The summed E-state index contributed by atoms with van der Waals surface area (Å²) in [6.07, 6.45) is 0.870. The summed E-state index contributed by atoms with van der Waals surface area (Å²) in [4.78, 5) is 55.3. The predicted octanol–water partition coefficient (Wildman–Crippen LogP) is 15.2. The van der Waals surface area contributed by atoms with Gasteiger partial charge in [0.15, 0.2) is 11.5 Å². The van der Waals surface area contributed by atoms with E-state index >= 15 is 0 Å². The fourth-order valence-electron chi connectivity index (χ4n) is 8.81. The third kappa shape index (κ3) is 11.7. The molecule has 9 aromatic carbocycles. The second-order valence-electron chi connectivity index (χ2n) is 17.7. The standard InChI is InChI=1S/C62H54N8O8/c1-5-37-31-45(65-61(75)48-33-39-19-15-17-25-46(39)55(57(48)71)69-67-50-35-41(27-29-52(50)77-7-3)59(73)63-43-21-11-9-12-22-43)32-38(6-2)54(37)66-62(76)49-34-40-20-16-18-26-47(40)56(58(49)72)70-68-51-36-42(28-30-53(51)78-8-4)60(74)64-44-23-13-10-14-24-44/h9-36,71-72H,5-8H2,1-4H3,(H,63,73)(H,64,74)(H,65,75)(H,66,76). The molecule has 390 valence electrons.